The first-order valence-electron chi connectivity index (χ1n) is 7.16. The Morgan fingerprint density at radius 1 is 1.24 bits per heavy atom. The van der Waals surface area contributed by atoms with Crippen LogP contribution in [0.25, 0.3) is 0 Å². The maximum Gasteiger partial charge on any atom is 0.249 e. The molecule has 0 aliphatic rings. The van der Waals surface area contributed by atoms with Crippen molar-refractivity contribution in [3.05, 3.63) is 35.0 Å². The summed E-state index contributed by atoms with van der Waals surface area (Å²) in [4.78, 5) is 4.40. The van der Waals surface area contributed by atoms with Crippen LogP contribution < -0.4 is 10.6 Å². The maximum atomic E-state index is 6.00. The monoisotopic (exact) mass is 305 g/mol. The van der Waals surface area contributed by atoms with Crippen molar-refractivity contribution in [1.29, 1.82) is 0 Å². The van der Waals surface area contributed by atoms with Crippen LogP contribution in [0.5, 0.6) is 0 Å². The number of halogens is 1. The van der Waals surface area contributed by atoms with E-state index in [4.69, 9.17) is 11.6 Å². The molecule has 1 aromatic heterocycles. The number of nitrogens with one attached hydrogen (secondary N) is 2. The first kappa shape index (κ1) is 15.5. The summed E-state index contributed by atoms with van der Waals surface area (Å²) >= 11 is 6.00. The van der Waals surface area contributed by atoms with Crippen molar-refractivity contribution in [3.63, 3.8) is 0 Å². The Morgan fingerprint density at radius 2 is 2.10 bits per heavy atom. The van der Waals surface area contributed by atoms with Crippen molar-refractivity contribution in [2.45, 2.75) is 33.1 Å². The van der Waals surface area contributed by atoms with Crippen LogP contribution in [0.1, 0.15) is 31.7 Å². The molecule has 0 fully saturated rings. The van der Waals surface area contributed by atoms with Gasteiger partial charge in [0.25, 0.3) is 0 Å². The standard InChI is InChI=1S/C15H20ClN5/c1-3-4-5-8-17-14-10-18-21-15(20-14)19-13-9-12(16)7-6-11(13)2/h6-7,9-10H,3-5,8H2,1-2H3,(H2,17,19,20,21). The molecular weight excluding hydrogens is 286 g/mol. The van der Waals surface area contributed by atoms with Crippen molar-refractivity contribution in [2.75, 3.05) is 17.2 Å². The van der Waals surface area contributed by atoms with E-state index in [1.807, 2.05) is 25.1 Å². The van der Waals surface area contributed by atoms with Crippen LogP contribution in [-0.4, -0.2) is 21.7 Å². The van der Waals surface area contributed by atoms with Crippen LogP contribution in [0.15, 0.2) is 24.4 Å². The maximum absolute atomic E-state index is 6.00. The minimum Gasteiger partial charge on any atom is -0.369 e. The van der Waals surface area contributed by atoms with Crippen molar-refractivity contribution in [3.8, 4) is 0 Å². The molecule has 2 N–H and O–H groups in total. The van der Waals surface area contributed by atoms with Crippen molar-refractivity contribution < 1.29 is 0 Å². The quantitative estimate of drug-likeness (QED) is 0.751. The first-order valence-corrected chi connectivity index (χ1v) is 7.53. The van der Waals surface area contributed by atoms with E-state index >= 15 is 0 Å². The fraction of sp³-hybridized carbons (Fsp3) is 0.400. The largest absolute Gasteiger partial charge is 0.369 e. The number of rotatable bonds is 7. The zero-order chi connectivity index (χ0) is 15.1. The summed E-state index contributed by atoms with van der Waals surface area (Å²) < 4.78 is 0. The van der Waals surface area contributed by atoms with Gasteiger partial charge in [0.05, 0.1) is 6.20 Å². The van der Waals surface area contributed by atoms with E-state index in [0.29, 0.717) is 11.0 Å². The number of anilines is 3. The highest BCUT2D eigenvalue weighted by Gasteiger charge is 2.04. The number of aryl methyl sites for hydroxylation is 1. The average molecular weight is 306 g/mol. The van der Waals surface area contributed by atoms with Crippen LogP contribution in [0.4, 0.5) is 17.5 Å². The molecule has 21 heavy (non-hydrogen) atoms. The van der Waals surface area contributed by atoms with Crippen LogP contribution in [0.3, 0.4) is 0 Å². The molecule has 0 spiro atoms. The summed E-state index contributed by atoms with van der Waals surface area (Å²) in [5.41, 5.74) is 1.96. The summed E-state index contributed by atoms with van der Waals surface area (Å²) in [6.45, 7) is 5.07. The smallest absolute Gasteiger partial charge is 0.249 e. The molecule has 0 aliphatic heterocycles. The predicted octanol–water partition coefficient (Wildman–Crippen LogP) is 4.18. The SMILES string of the molecule is CCCCCNc1cnnc(Nc2cc(Cl)ccc2C)n1. The highest BCUT2D eigenvalue weighted by atomic mass is 35.5. The van der Waals surface area contributed by atoms with Gasteiger partial charge in [0.2, 0.25) is 5.95 Å². The lowest BCUT2D eigenvalue weighted by atomic mass is 10.2. The lowest BCUT2D eigenvalue weighted by Gasteiger charge is -2.09. The topological polar surface area (TPSA) is 62.7 Å². The van der Waals surface area contributed by atoms with E-state index in [0.717, 1.165) is 30.0 Å². The molecule has 112 valence electrons. The van der Waals surface area contributed by atoms with Gasteiger partial charge in [-0.15, -0.1) is 5.10 Å². The summed E-state index contributed by atoms with van der Waals surface area (Å²) in [5.74, 6) is 1.18. The zero-order valence-corrected chi connectivity index (χ0v) is 13.1. The molecular formula is C15H20ClN5. The third kappa shape index (κ3) is 4.86. The minimum atomic E-state index is 0.459. The second kappa shape index (κ2) is 7.78. The number of hydrogen-bond donors (Lipinski definition) is 2. The molecule has 0 radical (unpaired) electrons. The lowest BCUT2D eigenvalue weighted by Crippen LogP contribution is -2.07. The number of aromatic nitrogens is 3. The number of benzene rings is 1. The second-order valence-corrected chi connectivity index (χ2v) is 5.32. The van der Waals surface area contributed by atoms with Gasteiger partial charge in [0.15, 0.2) is 5.82 Å². The van der Waals surface area contributed by atoms with Gasteiger partial charge in [-0.1, -0.05) is 37.4 Å². The fourth-order valence-corrected chi connectivity index (χ4v) is 2.05. The van der Waals surface area contributed by atoms with Crippen molar-refractivity contribution in [1.82, 2.24) is 15.2 Å². The van der Waals surface area contributed by atoms with E-state index in [2.05, 4.69) is 32.7 Å². The predicted molar refractivity (Wildman–Crippen MR) is 87.3 cm³/mol. The van der Waals surface area contributed by atoms with Crippen molar-refractivity contribution in [2.24, 2.45) is 0 Å². The molecule has 0 amide bonds. The van der Waals surface area contributed by atoms with Crippen LogP contribution >= 0.6 is 11.6 Å². The first-order chi connectivity index (χ1) is 10.2. The number of hydrogen-bond acceptors (Lipinski definition) is 5. The highest BCUT2D eigenvalue weighted by molar-refractivity contribution is 6.30. The van der Waals surface area contributed by atoms with E-state index in [1.54, 1.807) is 6.20 Å². The molecule has 0 saturated heterocycles. The second-order valence-electron chi connectivity index (χ2n) is 4.88. The number of unbranched alkanes of at least 4 members (excludes halogenated alkanes) is 2. The molecule has 6 heteroatoms. The van der Waals surface area contributed by atoms with E-state index in [1.165, 1.54) is 12.8 Å². The molecule has 2 aromatic rings. The van der Waals surface area contributed by atoms with Crippen LogP contribution in [0.2, 0.25) is 5.02 Å². The Labute approximate surface area is 130 Å². The summed E-state index contributed by atoms with van der Waals surface area (Å²) in [6, 6.07) is 5.65. The Balaban J connectivity index is 2.02. The molecule has 1 aromatic carbocycles. The van der Waals surface area contributed by atoms with Gasteiger partial charge < -0.3 is 10.6 Å². The van der Waals surface area contributed by atoms with Crippen LogP contribution in [-0.2, 0) is 0 Å². The van der Waals surface area contributed by atoms with Gasteiger partial charge >= 0.3 is 0 Å². The van der Waals surface area contributed by atoms with Gasteiger partial charge in [0.1, 0.15) is 0 Å². The lowest BCUT2D eigenvalue weighted by molar-refractivity contribution is 0.741. The number of nitrogens with zero attached hydrogens (tertiary/aromatic N) is 3. The Bertz CT molecular complexity index is 588. The fourth-order valence-electron chi connectivity index (χ4n) is 1.88. The van der Waals surface area contributed by atoms with Gasteiger partial charge in [-0.2, -0.15) is 10.1 Å². The minimum absolute atomic E-state index is 0.459. The molecule has 0 bridgehead atoms. The van der Waals surface area contributed by atoms with E-state index < -0.39 is 0 Å². The van der Waals surface area contributed by atoms with E-state index in [9.17, 15) is 0 Å². The van der Waals surface area contributed by atoms with Gasteiger partial charge in [-0.25, -0.2) is 0 Å². The Morgan fingerprint density at radius 3 is 2.90 bits per heavy atom. The summed E-state index contributed by atoms with van der Waals surface area (Å²) in [5, 5.41) is 15.0. The molecule has 0 unspecified atom stereocenters. The zero-order valence-electron chi connectivity index (χ0n) is 12.4. The third-order valence-electron chi connectivity index (χ3n) is 3.09. The van der Waals surface area contributed by atoms with Gasteiger partial charge in [0, 0.05) is 17.3 Å². The third-order valence-corrected chi connectivity index (χ3v) is 3.33. The highest BCUT2D eigenvalue weighted by Crippen LogP contribution is 2.22. The Hall–Kier alpha value is -1.88. The molecule has 5 nitrogen and oxygen atoms in total. The van der Waals surface area contributed by atoms with Gasteiger partial charge in [-0.3, -0.25) is 0 Å². The molecule has 0 saturated carbocycles. The molecule has 0 atom stereocenters. The summed E-state index contributed by atoms with van der Waals surface area (Å²) in [7, 11) is 0. The van der Waals surface area contributed by atoms with Crippen LogP contribution in [0, 0.1) is 6.92 Å². The summed E-state index contributed by atoms with van der Waals surface area (Å²) in [6.07, 6.45) is 5.15. The van der Waals surface area contributed by atoms with Gasteiger partial charge in [-0.05, 0) is 31.0 Å². The average Bonchev–Trinajstić information content (AvgIpc) is 2.48. The normalized spacial score (nSPS) is 10.4. The molecule has 2 rings (SSSR count). The Kier molecular flexibility index (Phi) is 5.75. The van der Waals surface area contributed by atoms with E-state index in [-0.39, 0.29) is 0 Å². The van der Waals surface area contributed by atoms with Crippen molar-refractivity contribution >= 4 is 29.1 Å². The molecule has 1 heterocycles. The molecule has 0 aliphatic carbocycles.